The molecule has 6 nitrogen and oxygen atoms in total. The summed E-state index contributed by atoms with van der Waals surface area (Å²) in [7, 11) is 0. The molecule has 1 fully saturated rings. The quantitative estimate of drug-likeness (QED) is 0.883. The molecule has 21 heavy (non-hydrogen) atoms. The Labute approximate surface area is 126 Å². The van der Waals surface area contributed by atoms with E-state index >= 15 is 0 Å². The Balaban J connectivity index is 1.85. The number of aromatic nitrogens is 3. The number of H-pyrrole nitrogens is 1. The molecule has 1 amide bonds. The largest absolute Gasteiger partial charge is 0.328 e. The average molecular weight is 304 g/mol. The molecule has 0 saturated carbocycles. The van der Waals surface area contributed by atoms with Crippen molar-refractivity contribution >= 4 is 23.0 Å². The lowest BCUT2D eigenvalue weighted by atomic mass is 10.0. The minimum atomic E-state index is -0.0587. The normalized spacial score (nSPS) is 18.7. The predicted molar refractivity (Wildman–Crippen MR) is 78.3 cm³/mol. The number of hydrogen-bond donors (Lipinski definition) is 1. The fourth-order valence-electron chi connectivity index (χ4n) is 2.61. The highest BCUT2D eigenvalue weighted by Crippen LogP contribution is 2.31. The SMILES string of the molecule is CC(=O)c1csc(C(=O)N2CCCC[C@H]2c2ncn[nH]2)c1. The van der Waals surface area contributed by atoms with E-state index in [0.29, 0.717) is 17.0 Å². The summed E-state index contributed by atoms with van der Waals surface area (Å²) in [6.07, 6.45) is 4.40. The van der Waals surface area contributed by atoms with Gasteiger partial charge < -0.3 is 4.90 Å². The monoisotopic (exact) mass is 304 g/mol. The molecule has 0 unspecified atom stereocenters. The van der Waals surface area contributed by atoms with Crippen molar-refractivity contribution in [2.45, 2.75) is 32.2 Å². The first kappa shape index (κ1) is 13.9. The summed E-state index contributed by atoms with van der Waals surface area (Å²) in [5, 5.41) is 8.48. The first-order valence-electron chi connectivity index (χ1n) is 6.92. The molecule has 1 N–H and O–H groups in total. The van der Waals surface area contributed by atoms with Gasteiger partial charge in [0.2, 0.25) is 0 Å². The summed E-state index contributed by atoms with van der Waals surface area (Å²) in [4.78, 5) is 30.7. The number of carbonyl (C=O) groups is 2. The van der Waals surface area contributed by atoms with Crippen molar-refractivity contribution in [3.05, 3.63) is 34.0 Å². The standard InChI is InChI=1S/C14H16N4O2S/c1-9(19)10-6-12(21-7-10)14(20)18-5-3-2-4-11(18)13-15-8-16-17-13/h6-8,11H,2-5H2,1H3,(H,15,16,17)/t11-/m0/s1. The van der Waals surface area contributed by atoms with Crippen LogP contribution in [0.2, 0.25) is 0 Å². The summed E-state index contributed by atoms with van der Waals surface area (Å²) < 4.78 is 0. The van der Waals surface area contributed by atoms with Crippen molar-refractivity contribution in [1.29, 1.82) is 0 Å². The highest BCUT2D eigenvalue weighted by molar-refractivity contribution is 7.12. The Kier molecular flexibility index (Phi) is 3.83. The molecule has 7 heteroatoms. The first-order valence-corrected chi connectivity index (χ1v) is 7.80. The van der Waals surface area contributed by atoms with E-state index in [4.69, 9.17) is 0 Å². The summed E-state index contributed by atoms with van der Waals surface area (Å²) in [5.41, 5.74) is 0.594. The summed E-state index contributed by atoms with van der Waals surface area (Å²) in [5.74, 6) is 0.677. The molecule has 1 aliphatic heterocycles. The second-order valence-corrected chi connectivity index (χ2v) is 6.05. The molecular formula is C14H16N4O2S. The number of nitrogens with one attached hydrogen (secondary N) is 1. The van der Waals surface area contributed by atoms with Gasteiger partial charge in [0.05, 0.1) is 10.9 Å². The van der Waals surface area contributed by atoms with Gasteiger partial charge in [0.15, 0.2) is 5.78 Å². The number of aromatic amines is 1. The van der Waals surface area contributed by atoms with Crippen LogP contribution in [0.15, 0.2) is 17.8 Å². The number of likely N-dealkylation sites (tertiary alicyclic amines) is 1. The molecule has 0 spiro atoms. The average Bonchev–Trinajstić information content (AvgIpc) is 3.18. The zero-order chi connectivity index (χ0) is 14.8. The number of rotatable bonds is 3. The number of nitrogens with zero attached hydrogens (tertiary/aromatic N) is 3. The molecule has 2 aromatic rings. The number of Topliss-reactive ketones (excluding diaryl/α,β-unsaturated/α-hetero) is 1. The molecule has 1 aliphatic rings. The van der Waals surface area contributed by atoms with Gasteiger partial charge in [0, 0.05) is 17.5 Å². The third-order valence-corrected chi connectivity index (χ3v) is 4.65. The van der Waals surface area contributed by atoms with Crippen LogP contribution in [0.4, 0.5) is 0 Å². The fourth-order valence-corrected chi connectivity index (χ4v) is 3.51. The van der Waals surface area contributed by atoms with Gasteiger partial charge in [0.25, 0.3) is 5.91 Å². The number of ketones is 1. The molecule has 3 rings (SSSR count). The van der Waals surface area contributed by atoms with Crippen LogP contribution in [-0.4, -0.2) is 38.3 Å². The Hall–Kier alpha value is -2.02. The number of piperidine rings is 1. The first-order chi connectivity index (χ1) is 10.2. The van der Waals surface area contributed by atoms with Gasteiger partial charge >= 0.3 is 0 Å². The van der Waals surface area contributed by atoms with Gasteiger partial charge in [0.1, 0.15) is 12.2 Å². The third-order valence-electron chi connectivity index (χ3n) is 3.73. The number of amides is 1. The highest BCUT2D eigenvalue weighted by atomic mass is 32.1. The lowest BCUT2D eigenvalue weighted by Crippen LogP contribution is -2.38. The molecule has 0 radical (unpaired) electrons. The summed E-state index contributed by atoms with van der Waals surface area (Å²) in [6, 6.07) is 1.62. The minimum Gasteiger partial charge on any atom is -0.328 e. The maximum Gasteiger partial charge on any atom is 0.264 e. The van der Waals surface area contributed by atoms with Crippen LogP contribution < -0.4 is 0 Å². The zero-order valence-electron chi connectivity index (χ0n) is 11.7. The molecule has 0 aliphatic carbocycles. The van der Waals surface area contributed by atoms with E-state index in [2.05, 4.69) is 15.2 Å². The van der Waals surface area contributed by atoms with Crippen LogP contribution in [0.25, 0.3) is 0 Å². The van der Waals surface area contributed by atoms with Crippen molar-refractivity contribution < 1.29 is 9.59 Å². The Bertz CT molecular complexity index is 650. The van der Waals surface area contributed by atoms with Crippen LogP contribution in [0.3, 0.4) is 0 Å². The third kappa shape index (κ3) is 2.73. The number of carbonyl (C=O) groups excluding carboxylic acids is 2. The molecule has 0 bridgehead atoms. The fraction of sp³-hybridized carbons (Fsp3) is 0.429. The lowest BCUT2D eigenvalue weighted by Gasteiger charge is -2.34. The second-order valence-electron chi connectivity index (χ2n) is 5.14. The van der Waals surface area contributed by atoms with Gasteiger partial charge in [-0.3, -0.25) is 14.7 Å². The minimum absolute atomic E-state index is 0.0178. The van der Waals surface area contributed by atoms with Crippen molar-refractivity contribution in [2.75, 3.05) is 6.54 Å². The van der Waals surface area contributed by atoms with Crippen molar-refractivity contribution in [1.82, 2.24) is 20.1 Å². The maximum absolute atomic E-state index is 12.7. The second kappa shape index (κ2) is 5.77. The molecule has 0 aromatic carbocycles. The molecular weight excluding hydrogens is 288 g/mol. The van der Waals surface area contributed by atoms with E-state index in [1.165, 1.54) is 24.6 Å². The van der Waals surface area contributed by atoms with Gasteiger partial charge in [-0.25, -0.2) is 4.98 Å². The van der Waals surface area contributed by atoms with Crippen LogP contribution >= 0.6 is 11.3 Å². The molecule has 3 heterocycles. The molecule has 1 saturated heterocycles. The Morgan fingerprint density at radius 1 is 1.43 bits per heavy atom. The Morgan fingerprint density at radius 3 is 2.95 bits per heavy atom. The van der Waals surface area contributed by atoms with Gasteiger partial charge in [-0.2, -0.15) is 5.10 Å². The van der Waals surface area contributed by atoms with E-state index in [1.807, 2.05) is 4.90 Å². The van der Waals surface area contributed by atoms with Crippen LogP contribution in [0.1, 0.15) is 58.1 Å². The van der Waals surface area contributed by atoms with E-state index in [1.54, 1.807) is 11.4 Å². The van der Waals surface area contributed by atoms with Crippen molar-refractivity contribution in [3.8, 4) is 0 Å². The predicted octanol–water partition coefficient (Wildman–Crippen LogP) is 2.44. The van der Waals surface area contributed by atoms with Gasteiger partial charge in [-0.05, 0) is 32.3 Å². The molecule has 2 aromatic heterocycles. The summed E-state index contributed by atoms with van der Waals surface area (Å²) in [6.45, 7) is 2.21. The van der Waals surface area contributed by atoms with Crippen LogP contribution in [0, 0.1) is 0 Å². The lowest BCUT2D eigenvalue weighted by molar-refractivity contribution is 0.0605. The maximum atomic E-state index is 12.7. The van der Waals surface area contributed by atoms with E-state index in [9.17, 15) is 9.59 Å². The zero-order valence-corrected chi connectivity index (χ0v) is 12.5. The Morgan fingerprint density at radius 2 is 2.29 bits per heavy atom. The van der Waals surface area contributed by atoms with E-state index in [0.717, 1.165) is 25.1 Å². The highest BCUT2D eigenvalue weighted by Gasteiger charge is 2.31. The topological polar surface area (TPSA) is 79.0 Å². The van der Waals surface area contributed by atoms with Crippen molar-refractivity contribution in [3.63, 3.8) is 0 Å². The van der Waals surface area contributed by atoms with Gasteiger partial charge in [-0.15, -0.1) is 11.3 Å². The number of hydrogen-bond acceptors (Lipinski definition) is 5. The van der Waals surface area contributed by atoms with Crippen LogP contribution in [-0.2, 0) is 0 Å². The smallest absolute Gasteiger partial charge is 0.264 e. The molecule has 110 valence electrons. The molecule has 1 atom stereocenters. The van der Waals surface area contributed by atoms with E-state index in [-0.39, 0.29) is 17.7 Å². The number of thiophene rings is 1. The summed E-state index contributed by atoms with van der Waals surface area (Å²) >= 11 is 1.32. The van der Waals surface area contributed by atoms with E-state index < -0.39 is 0 Å². The van der Waals surface area contributed by atoms with Crippen molar-refractivity contribution in [2.24, 2.45) is 0 Å². The van der Waals surface area contributed by atoms with Crippen LogP contribution in [0.5, 0.6) is 0 Å². The van der Waals surface area contributed by atoms with Gasteiger partial charge in [-0.1, -0.05) is 0 Å².